The average Bonchev–Trinajstić information content (AvgIpc) is 3.30. The van der Waals surface area contributed by atoms with Crippen molar-refractivity contribution in [3.63, 3.8) is 0 Å². The van der Waals surface area contributed by atoms with E-state index in [4.69, 9.17) is 4.98 Å². The Labute approximate surface area is 417 Å². The van der Waals surface area contributed by atoms with Gasteiger partial charge >= 0.3 is 5.97 Å². The van der Waals surface area contributed by atoms with E-state index in [9.17, 15) is 33.9 Å². The SMILES string of the molecule is CCc1ncc([C@H](CC(C)=O)NC(=O)C(CC(C)C)n2ccc(C)cc2=O)cc1-c1ccccc1C.Cc1ccn(C(CC(C)C)C(=O)N[C@@H](CC(=O)O)c2cnc(C)c(-c3ccccc3C)c2)c(=O)c1. The molecule has 0 spiro atoms. The maximum Gasteiger partial charge on any atom is 0.305 e. The third kappa shape index (κ3) is 14.9. The van der Waals surface area contributed by atoms with Gasteiger partial charge in [-0.2, -0.15) is 0 Å². The number of carboxylic acid groups (broad SMARTS) is 1. The van der Waals surface area contributed by atoms with Crippen LogP contribution in [-0.2, 0) is 25.6 Å². The maximum absolute atomic E-state index is 13.6. The fourth-order valence-electron chi connectivity index (χ4n) is 8.76. The predicted octanol–water partition coefficient (Wildman–Crippen LogP) is 10.3. The second-order valence-corrected chi connectivity index (χ2v) is 19.5. The number of nitrogens with zero attached hydrogens (tertiary/aromatic N) is 4. The van der Waals surface area contributed by atoms with Crippen LogP contribution in [0.4, 0.5) is 0 Å². The number of carboxylic acids is 1. The minimum atomic E-state index is -1.04. The number of carbonyl (C=O) groups is 4. The molecule has 13 nitrogen and oxygen atoms in total. The molecule has 0 radical (unpaired) electrons. The molecule has 4 aromatic heterocycles. The van der Waals surface area contributed by atoms with Crippen molar-refractivity contribution in [1.29, 1.82) is 0 Å². The van der Waals surface area contributed by atoms with E-state index in [0.29, 0.717) is 18.4 Å². The van der Waals surface area contributed by atoms with Crippen LogP contribution in [0, 0.1) is 46.5 Å². The summed E-state index contributed by atoms with van der Waals surface area (Å²) in [6.07, 6.45) is 8.21. The molecule has 2 aromatic carbocycles. The number of nitrogens with one attached hydrogen (secondary N) is 2. The van der Waals surface area contributed by atoms with E-state index in [2.05, 4.69) is 41.6 Å². The van der Waals surface area contributed by atoms with Gasteiger partial charge in [-0.05, 0) is 141 Å². The summed E-state index contributed by atoms with van der Waals surface area (Å²) in [7, 11) is 0. The third-order valence-electron chi connectivity index (χ3n) is 12.5. The number of ketones is 1. The van der Waals surface area contributed by atoms with Crippen LogP contribution in [0.15, 0.2) is 119 Å². The van der Waals surface area contributed by atoms with Crippen molar-refractivity contribution in [2.75, 3.05) is 0 Å². The number of amides is 2. The number of rotatable bonds is 19. The number of carbonyl (C=O) groups excluding carboxylic acids is 3. The Balaban J connectivity index is 0.000000264. The number of benzene rings is 2. The lowest BCUT2D eigenvalue weighted by Crippen LogP contribution is -2.40. The molecule has 71 heavy (non-hydrogen) atoms. The number of hydrogen-bond acceptors (Lipinski definition) is 8. The normalized spacial score (nSPS) is 12.9. The quantitative estimate of drug-likeness (QED) is 0.0711. The van der Waals surface area contributed by atoms with E-state index >= 15 is 0 Å². The van der Waals surface area contributed by atoms with Crippen LogP contribution in [0.3, 0.4) is 0 Å². The lowest BCUT2D eigenvalue weighted by atomic mass is 9.93. The predicted molar refractivity (Wildman–Crippen MR) is 280 cm³/mol. The first-order chi connectivity index (χ1) is 33.7. The number of aryl methyl sites for hydroxylation is 6. The van der Waals surface area contributed by atoms with Gasteiger partial charge < -0.3 is 24.9 Å². The van der Waals surface area contributed by atoms with Gasteiger partial charge in [-0.1, -0.05) is 83.1 Å². The molecule has 0 aliphatic rings. The summed E-state index contributed by atoms with van der Waals surface area (Å²) in [6, 6.07) is 23.8. The maximum atomic E-state index is 13.6. The summed E-state index contributed by atoms with van der Waals surface area (Å²) in [5.74, 6) is -1.41. The van der Waals surface area contributed by atoms with Crippen LogP contribution in [0.5, 0.6) is 0 Å². The molecule has 374 valence electrons. The zero-order valence-electron chi connectivity index (χ0n) is 43.1. The third-order valence-corrected chi connectivity index (χ3v) is 12.5. The minimum Gasteiger partial charge on any atom is -0.481 e. The van der Waals surface area contributed by atoms with Crippen LogP contribution >= 0.6 is 0 Å². The zero-order chi connectivity index (χ0) is 52.1. The van der Waals surface area contributed by atoms with E-state index in [0.717, 1.165) is 67.9 Å². The van der Waals surface area contributed by atoms with Gasteiger partial charge in [0.2, 0.25) is 11.8 Å². The van der Waals surface area contributed by atoms with E-state index < -0.39 is 36.0 Å². The molecule has 13 heteroatoms. The molecule has 0 bridgehead atoms. The standard InChI is InChI=1S/C30H37N3O3.C28H33N3O4/c1-7-26-25(24-11-9-8-10-21(24)5)17-23(18-31-26)27(16-22(6)34)32-30(36)28(14-19(2)3)33-13-12-20(4)15-29(33)35;1-17(2)12-25(31-11-10-18(3)13-26(31)32)28(35)30-24(15-27(33)34)21-14-23(20(5)29-16-21)22-9-7-6-8-19(22)4/h8-13,15,17-19,27-28H,7,14,16H2,1-6H3,(H,32,36);6-11,13-14,16-17,24-25H,12,15H2,1-5H3,(H,30,35)(H,33,34)/t27-,28?;24-,25?/m00/s1. The summed E-state index contributed by atoms with van der Waals surface area (Å²) in [4.78, 5) is 85.6. The van der Waals surface area contributed by atoms with Crippen molar-refractivity contribution in [3.8, 4) is 22.3 Å². The Morgan fingerprint density at radius 3 is 1.45 bits per heavy atom. The molecule has 4 heterocycles. The molecule has 6 rings (SSSR count). The number of aliphatic carboxylic acids is 1. The summed E-state index contributed by atoms with van der Waals surface area (Å²) in [5.41, 5.74) is 10.5. The molecule has 0 aliphatic heterocycles. The highest BCUT2D eigenvalue weighted by Crippen LogP contribution is 2.32. The topological polar surface area (TPSA) is 182 Å². The van der Waals surface area contributed by atoms with Crippen molar-refractivity contribution >= 4 is 23.6 Å². The van der Waals surface area contributed by atoms with Crippen LogP contribution < -0.4 is 21.8 Å². The summed E-state index contributed by atoms with van der Waals surface area (Å²) in [6.45, 7) is 21.2. The zero-order valence-corrected chi connectivity index (χ0v) is 43.1. The van der Waals surface area contributed by atoms with Crippen LogP contribution in [0.1, 0.15) is 136 Å². The highest BCUT2D eigenvalue weighted by Gasteiger charge is 2.29. The molecule has 4 atom stereocenters. The molecular weight excluding hydrogens is 893 g/mol. The molecule has 2 unspecified atom stereocenters. The van der Waals surface area contributed by atoms with Gasteiger partial charge in [0.1, 0.15) is 17.9 Å². The molecule has 3 N–H and O–H groups in total. The van der Waals surface area contributed by atoms with Gasteiger partial charge in [-0.15, -0.1) is 0 Å². The first-order valence-electron chi connectivity index (χ1n) is 24.4. The Bertz CT molecular complexity index is 2970. The lowest BCUT2D eigenvalue weighted by molar-refractivity contribution is -0.138. The van der Waals surface area contributed by atoms with Crippen molar-refractivity contribution in [3.05, 3.63) is 175 Å². The molecule has 0 saturated heterocycles. The van der Waals surface area contributed by atoms with Gasteiger partial charge in [-0.25, -0.2) is 0 Å². The number of pyridine rings is 4. The van der Waals surface area contributed by atoms with E-state index in [1.807, 2.05) is 110 Å². The van der Waals surface area contributed by atoms with Crippen molar-refractivity contribution in [2.45, 2.75) is 132 Å². The van der Waals surface area contributed by atoms with Gasteiger partial charge in [0, 0.05) is 65.9 Å². The first-order valence-corrected chi connectivity index (χ1v) is 24.4. The molecule has 0 saturated carbocycles. The van der Waals surface area contributed by atoms with Crippen LogP contribution in [0.2, 0.25) is 0 Å². The molecular formula is C58H70N6O7. The van der Waals surface area contributed by atoms with Crippen LogP contribution in [-0.4, -0.2) is 47.8 Å². The Morgan fingerprint density at radius 1 is 0.592 bits per heavy atom. The van der Waals surface area contributed by atoms with Gasteiger partial charge in [0.25, 0.3) is 11.1 Å². The van der Waals surface area contributed by atoms with E-state index in [-0.39, 0.29) is 47.5 Å². The van der Waals surface area contributed by atoms with Gasteiger partial charge in [0.05, 0.1) is 18.5 Å². The summed E-state index contributed by atoms with van der Waals surface area (Å²) < 4.78 is 2.91. The molecule has 0 aliphatic carbocycles. The van der Waals surface area contributed by atoms with Crippen LogP contribution in [0.25, 0.3) is 22.3 Å². The largest absolute Gasteiger partial charge is 0.481 e. The molecule has 6 aromatic rings. The van der Waals surface area contributed by atoms with Crippen molar-refractivity contribution in [1.82, 2.24) is 29.7 Å². The first kappa shape index (κ1) is 54.7. The summed E-state index contributed by atoms with van der Waals surface area (Å²) in [5, 5.41) is 15.6. The van der Waals surface area contributed by atoms with E-state index in [1.54, 1.807) is 30.9 Å². The van der Waals surface area contributed by atoms with Crippen molar-refractivity contribution < 1.29 is 24.3 Å². The Morgan fingerprint density at radius 2 is 1.03 bits per heavy atom. The van der Waals surface area contributed by atoms with Gasteiger partial charge in [0.15, 0.2) is 0 Å². The van der Waals surface area contributed by atoms with Gasteiger partial charge in [-0.3, -0.25) is 38.7 Å². The van der Waals surface area contributed by atoms with E-state index in [1.165, 1.54) is 28.2 Å². The second-order valence-electron chi connectivity index (χ2n) is 19.5. The fraction of sp³-hybridized carbons (Fsp3) is 0.379. The van der Waals surface area contributed by atoms with Crippen molar-refractivity contribution in [2.24, 2.45) is 11.8 Å². The Hall–Kier alpha value is -7.28. The minimum absolute atomic E-state index is 0.0368. The number of hydrogen-bond donors (Lipinski definition) is 3. The highest BCUT2D eigenvalue weighted by atomic mass is 16.4. The Kier molecular flexibility index (Phi) is 19.3. The lowest BCUT2D eigenvalue weighted by Gasteiger charge is -2.25. The number of aromatic nitrogens is 4. The smallest absolute Gasteiger partial charge is 0.305 e. The highest BCUT2D eigenvalue weighted by molar-refractivity contribution is 5.83. The fourth-order valence-corrected chi connectivity index (χ4v) is 8.76. The molecule has 0 fully saturated rings. The average molecular weight is 963 g/mol. The monoisotopic (exact) mass is 963 g/mol. The molecule has 2 amide bonds. The summed E-state index contributed by atoms with van der Waals surface area (Å²) >= 11 is 0. The number of Topliss-reactive ketones (excluding diaryl/α,β-unsaturated/α-hetero) is 1. The second kappa shape index (κ2) is 25.0.